The zero-order chi connectivity index (χ0) is 12.3. The Labute approximate surface area is 99.2 Å². The van der Waals surface area contributed by atoms with Crippen molar-refractivity contribution in [3.05, 3.63) is 35.7 Å². The Morgan fingerprint density at radius 1 is 1.35 bits per heavy atom. The summed E-state index contributed by atoms with van der Waals surface area (Å²) in [5, 5.41) is 13.8. The molecule has 1 aromatic carbocycles. The summed E-state index contributed by atoms with van der Waals surface area (Å²) in [4.78, 5) is 0. The average molecular weight is 233 g/mol. The van der Waals surface area contributed by atoms with Crippen molar-refractivity contribution >= 4 is 0 Å². The molecule has 0 aliphatic carbocycles. The summed E-state index contributed by atoms with van der Waals surface area (Å²) in [6.07, 6.45) is 0.635. The molecule has 6 nitrogen and oxygen atoms in total. The van der Waals surface area contributed by atoms with Crippen LogP contribution in [0.3, 0.4) is 0 Å². The first kappa shape index (κ1) is 11.5. The van der Waals surface area contributed by atoms with Crippen LogP contribution in [-0.4, -0.2) is 27.7 Å². The summed E-state index contributed by atoms with van der Waals surface area (Å²) in [6, 6.07) is 7.76. The number of aromatic amines is 1. The van der Waals surface area contributed by atoms with Crippen molar-refractivity contribution < 1.29 is 4.74 Å². The Hall–Kier alpha value is -1.95. The van der Waals surface area contributed by atoms with E-state index in [9.17, 15) is 0 Å². The number of hydrogen-bond donors (Lipinski definition) is 2. The van der Waals surface area contributed by atoms with Crippen LogP contribution in [0.15, 0.2) is 24.3 Å². The zero-order valence-corrected chi connectivity index (χ0v) is 9.84. The van der Waals surface area contributed by atoms with Crippen LogP contribution in [0.25, 0.3) is 0 Å². The number of H-pyrrole nitrogens is 1. The lowest BCUT2D eigenvalue weighted by Crippen LogP contribution is -2.36. The number of nitrogens with zero attached hydrogens (tertiary/aromatic N) is 3. The second kappa shape index (κ2) is 4.50. The van der Waals surface area contributed by atoms with E-state index in [2.05, 4.69) is 20.6 Å². The first-order valence-electron chi connectivity index (χ1n) is 5.27. The van der Waals surface area contributed by atoms with Crippen molar-refractivity contribution in [1.82, 2.24) is 20.6 Å². The van der Waals surface area contributed by atoms with Crippen LogP contribution in [-0.2, 0) is 12.0 Å². The molecule has 6 heteroatoms. The summed E-state index contributed by atoms with van der Waals surface area (Å²) >= 11 is 0. The van der Waals surface area contributed by atoms with Gasteiger partial charge in [-0.05, 0) is 31.0 Å². The largest absolute Gasteiger partial charge is 0.497 e. The van der Waals surface area contributed by atoms with Gasteiger partial charge >= 0.3 is 0 Å². The fourth-order valence-corrected chi connectivity index (χ4v) is 1.65. The van der Waals surface area contributed by atoms with Gasteiger partial charge in [-0.1, -0.05) is 17.3 Å². The number of nitrogens with one attached hydrogen (secondary N) is 1. The Bertz CT molecular complexity index is 463. The van der Waals surface area contributed by atoms with Crippen molar-refractivity contribution in [1.29, 1.82) is 0 Å². The molecule has 17 heavy (non-hydrogen) atoms. The van der Waals surface area contributed by atoms with Crippen molar-refractivity contribution in [3.63, 3.8) is 0 Å². The first-order chi connectivity index (χ1) is 8.12. The van der Waals surface area contributed by atoms with Crippen LogP contribution >= 0.6 is 0 Å². The number of methoxy groups -OCH3 is 1. The molecular weight excluding hydrogens is 218 g/mol. The molecule has 0 radical (unpaired) electrons. The average Bonchev–Trinajstić information content (AvgIpc) is 2.84. The molecule has 0 amide bonds. The van der Waals surface area contributed by atoms with Gasteiger partial charge in [0.1, 0.15) is 5.75 Å². The van der Waals surface area contributed by atoms with Crippen molar-refractivity contribution in [2.75, 3.05) is 7.11 Å². The van der Waals surface area contributed by atoms with E-state index >= 15 is 0 Å². The summed E-state index contributed by atoms with van der Waals surface area (Å²) in [5.74, 6) is 1.33. The van der Waals surface area contributed by atoms with Gasteiger partial charge in [0.15, 0.2) is 5.82 Å². The highest BCUT2D eigenvalue weighted by molar-refractivity contribution is 5.28. The second-order valence-corrected chi connectivity index (χ2v) is 4.18. The molecule has 0 fully saturated rings. The van der Waals surface area contributed by atoms with Crippen LogP contribution in [0.5, 0.6) is 5.75 Å². The molecule has 3 N–H and O–H groups in total. The maximum absolute atomic E-state index is 6.17. The van der Waals surface area contributed by atoms with E-state index in [1.54, 1.807) is 7.11 Å². The highest BCUT2D eigenvalue weighted by Gasteiger charge is 2.26. The van der Waals surface area contributed by atoms with Gasteiger partial charge in [0, 0.05) is 0 Å². The van der Waals surface area contributed by atoms with Gasteiger partial charge in [-0.2, -0.15) is 5.21 Å². The number of ether oxygens (including phenoxy) is 1. The Morgan fingerprint density at radius 3 is 2.59 bits per heavy atom. The Kier molecular flexibility index (Phi) is 3.06. The number of benzene rings is 1. The van der Waals surface area contributed by atoms with E-state index < -0.39 is 5.54 Å². The summed E-state index contributed by atoms with van der Waals surface area (Å²) in [7, 11) is 1.64. The van der Waals surface area contributed by atoms with Gasteiger partial charge in [0.05, 0.1) is 12.6 Å². The molecule has 1 unspecified atom stereocenters. The summed E-state index contributed by atoms with van der Waals surface area (Å²) in [6.45, 7) is 1.88. The van der Waals surface area contributed by atoms with Gasteiger partial charge < -0.3 is 10.5 Å². The minimum Gasteiger partial charge on any atom is -0.497 e. The zero-order valence-electron chi connectivity index (χ0n) is 9.84. The number of aromatic nitrogens is 4. The summed E-state index contributed by atoms with van der Waals surface area (Å²) < 4.78 is 5.10. The molecule has 1 atom stereocenters. The van der Waals surface area contributed by atoms with E-state index in [1.165, 1.54) is 0 Å². The normalized spacial score (nSPS) is 14.3. The SMILES string of the molecule is COc1ccc(CC(C)(N)c2nn[nH]n2)cc1. The lowest BCUT2D eigenvalue weighted by Gasteiger charge is -2.20. The molecule has 0 spiro atoms. The second-order valence-electron chi connectivity index (χ2n) is 4.18. The molecule has 0 saturated carbocycles. The Morgan fingerprint density at radius 2 is 2.06 bits per heavy atom. The van der Waals surface area contributed by atoms with E-state index in [0.29, 0.717) is 12.2 Å². The molecule has 1 aromatic heterocycles. The fraction of sp³-hybridized carbons (Fsp3) is 0.364. The topological polar surface area (TPSA) is 89.7 Å². The molecule has 0 saturated heterocycles. The highest BCUT2D eigenvalue weighted by Crippen LogP contribution is 2.20. The lowest BCUT2D eigenvalue weighted by atomic mass is 9.93. The van der Waals surface area contributed by atoms with Crippen molar-refractivity contribution in [2.45, 2.75) is 18.9 Å². The van der Waals surface area contributed by atoms with Crippen LogP contribution < -0.4 is 10.5 Å². The molecule has 0 aliphatic rings. The van der Waals surface area contributed by atoms with Gasteiger partial charge in [-0.3, -0.25) is 0 Å². The third kappa shape index (κ3) is 2.59. The molecule has 0 aliphatic heterocycles. The van der Waals surface area contributed by atoms with E-state index in [4.69, 9.17) is 10.5 Å². The van der Waals surface area contributed by atoms with Crippen LogP contribution in [0, 0.1) is 0 Å². The van der Waals surface area contributed by atoms with Crippen molar-refractivity contribution in [3.8, 4) is 5.75 Å². The Balaban J connectivity index is 2.14. The van der Waals surface area contributed by atoms with Gasteiger partial charge in [0.2, 0.25) is 0 Å². The number of tetrazole rings is 1. The van der Waals surface area contributed by atoms with Gasteiger partial charge in [-0.25, -0.2) is 0 Å². The van der Waals surface area contributed by atoms with Crippen molar-refractivity contribution in [2.24, 2.45) is 5.73 Å². The molecule has 1 heterocycles. The summed E-state index contributed by atoms with van der Waals surface area (Å²) in [5.41, 5.74) is 6.63. The third-order valence-corrected chi connectivity index (χ3v) is 2.59. The number of rotatable bonds is 4. The predicted octanol–water partition coefficient (Wildman–Crippen LogP) is 0.625. The maximum atomic E-state index is 6.17. The van der Waals surface area contributed by atoms with Gasteiger partial charge in [0.25, 0.3) is 0 Å². The molecule has 0 bridgehead atoms. The van der Waals surface area contributed by atoms with Crippen LogP contribution in [0.4, 0.5) is 0 Å². The fourth-order valence-electron chi connectivity index (χ4n) is 1.65. The number of nitrogens with two attached hydrogens (primary N) is 1. The van der Waals surface area contributed by atoms with Crippen LogP contribution in [0.1, 0.15) is 18.3 Å². The smallest absolute Gasteiger partial charge is 0.194 e. The molecular formula is C11H15N5O. The van der Waals surface area contributed by atoms with E-state index in [1.807, 2.05) is 31.2 Å². The monoisotopic (exact) mass is 233 g/mol. The minimum atomic E-state index is -0.637. The maximum Gasteiger partial charge on any atom is 0.194 e. The van der Waals surface area contributed by atoms with Gasteiger partial charge in [-0.15, -0.1) is 10.2 Å². The third-order valence-electron chi connectivity index (χ3n) is 2.59. The van der Waals surface area contributed by atoms with E-state index in [0.717, 1.165) is 11.3 Å². The quantitative estimate of drug-likeness (QED) is 0.808. The standard InChI is InChI=1S/C11H15N5O/c1-11(12,10-13-15-16-14-10)7-8-3-5-9(17-2)6-4-8/h3-6H,7,12H2,1-2H3,(H,13,14,15,16). The van der Waals surface area contributed by atoms with E-state index in [-0.39, 0.29) is 0 Å². The lowest BCUT2D eigenvalue weighted by molar-refractivity contribution is 0.414. The predicted molar refractivity (Wildman–Crippen MR) is 62.4 cm³/mol. The molecule has 2 aromatic rings. The minimum absolute atomic E-state index is 0.508. The highest BCUT2D eigenvalue weighted by atomic mass is 16.5. The number of hydrogen-bond acceptors (Lipinski definition) is 5. The first-order valence-corrected chi connectivity index (χ1v) is 5.27. The molecule has 90 valence electrons. The van der Waals surface area contributed by atoms with Crippen LogP contribution in [0.2, 0.25) is 0 Å². The molecule has 2 rings (SSSR count).